The zero-order valence-electron chi connectivity index (χ0n) is 13.1. The van der Waals surface area contributed by atoms with Crippen LogP contribution >= 0.6 is 0 Å². The second-order valence-electron chi connectivity index (χ2n) is 5.53. The Morgan fingerprint density at radius 1 is 1.32 bits per heavy atom. The van der Waals surface area contributed by atoms with Crippen LogP contribution in [-0.2, 0) is 11.2 Å². The summed E-state index contributed by atoms with van der Waals surface area (Å²) in [5, 5.41) is 6.63. The number of nitrogens with one attached hydrogen (secondary N) is 2. The van der Waals surface area contributed by atoms with Gasteiger partial charge in [-0.05, 0) is 36.1 Å². The molecule has 2 aromatic rings. The molecular formula is C17H22N4O. The molecule has 0 saturated carbocycles. The molecule has 0 bridgehead atoms. The van der Waals surface area contributed by atoms with Crippen molar-refractivity contribution >= 4 is 11.6 Å². The van der Waals surface area contributed by atoms with Gasteiger partial charge in [-0.3, -0.25) is 0 Å². The third-order valence-electron chi connectivity index (χ3n) is 3.91. The van der Waals surface area contributed by atoms with Crippen LogP contribution in [0, 0.1) is 6.92 Å². The van der Waals surface area contributed by atoms with E-state index < -0.39 is 0 Å². The van der Waals surface area contributed by atoms with E-state index in [-0.39, 0.29) is 6.10 Å². The van der Waals surface area contributed by atoms with Crippen LogP contribution in [0.25, 0.3) is 0 Å². The van der Waals surface area contributed by atoms with Crippen LogP contribution in [0.4, 0.5) is 11.6 Å². The van der Waals surface area contributed by atoms with Crippen LogP contribution in [0.1, 0.15) is 29.7 Å². The minimum Gasteiger partial charge on any atom is -0.371 e. The largest absolute Gasteiger partial charge is 0.371 e. The maximum atomic E-state index is 5.80. The van der Waals surface area contributed by atoms with E-state index in [1.807, 2.05) is 12.4 Å². The summed E-state index contributed by atoms with van der Waals surface area (Å²) in [7, 11) is 0. The second kappa shape index (κ2) is 6.85. The molecule has 1 unspecified atom stereocenters. The maximum absolute atomic E-state index is 5.80. The summed E-state index contributed by atoms with van der Waals surface area (Å²) in [6.45, 7) is 6.74. The normalized spacial score (nSPS) is 18.2. The first-order chi connectivity index (χ1) is 10.8. The summed E-state index contributed by atoms with van der Waals surface area (Å²) in [6, 6.07) is 6.34. The number of aromatic nitrogens is 2. The van der Waals surface area contributed by atoms with Gasteiger partial charge in [-0.15, -0.1) is 0 Å². The zero-order valence-corrected chi connectivity index (χ0v) is 13.1. The molecule has 1 fully saturated rings. The van der Waals surface area contributed by atoms with Gasteiger partial charge >= 0.3 is 0 Å². The topological polar surface area (TPSA) is 59.1 Å². The Morgan fingerprint density at radius 3 is 2.77 bits per heavy atom. The lowest BCUT2D eigenvalue weighted by Gasteiger charge is -2.24. The monoisotopic (exact) mass is 298 g/mol. The highest BCUT2D eigenvalue weighted by molar-refractivity contribution is 5.59. The molecule has 116 valence electrons. The standard InChI is InChI=1S/C17H22N4O/c1-3-13-9-19-17(20-10-13)21-15-5-4-14(8-12(15)2)16-11-18-6-7-22-16/h4-5,8-10,16,18H,3,6-7,11H2,1-2H3,(H,19,20,21). The lowest BCUT2D eigenvalue weighted by molar-refractivity contribution is 0.0277. The van der Waals surface area contributed by atoms with E-state index in [9.17, 15) is 0 Å². The Bertz CT molecular complexity index is 621. The molecule has 0 aliphatic carbocycles. The summed E-state index contributed by atoms with van der Waals surface area (Å²) < 4.78 is 5.80. The van der Waals surface area contributed by atoms with Crippen molar-refractivity contribution in [3.63, 3.8) is 0 Å². The number of anilines is 2. The van der Waals surface area contributed by atoms with E-state index in [1.54, 1.807) is 0 Å². The Hall–Kier alpha value is -1.98. The van der Waals surface area contributed by atoms with Gasteiger partial charge in [-0.1, -0.05) is 19.1 Å². The van der Waals surface area contributed by atoms with Crippen molar-refractivity contribution in [3.05, 3.63) is 47.3 Å². The first-order valence-corrected chi connectivity index (χ1v) is 7.77. The molecule has 5 nitrogen and oxygen atoms in total. The average Bonchev–Trinajstić information content (AvgIpc) is 2.58. The quantitative estimate of drug-likeness (QED) is 0.909. The molecule has 0 spiro atoms. The van der Waals surface area contributed by atoms with Crippen molar-refractivity contribution in [2.75, 3.05) is 25.0 Å². The Morgan fingerprint density at radius 2 is 2.14 bits per heavy atom. The van der Waals surface area contributed by atoms with Crippen molar-refractivity contribution in [3.8, 4) is 0 Å². The van der Waals surface area contributed by atoms with Gasteiger partial charge in [-0.2, -0.15) is 0 Å². The fourth-order valence-corrected chi connectivity index (χ4v) is 2.53. The number of morpholine rings is 1. The van der Waals surface area contributed by atoms with Crippen molar-refractivity contribution in [2.45, 2.75) is 26.4 Å². The van der Waals surface area contributed by atoms with E-state index in [4.69, 9.17) is 4.74 Å². The van der Waals surface area contributed by atoms with Gasteiger partial charge in [0.1, 0.15) is 0 Å². The van der Waals surface area contributed by atoms with Gasteiger partial charge in [-0.25, -0.2) is 9.97 Å². The van der Waals surface area contributed by atoms with Gasteiger partial charge in [0.15, 0.2) is 0 Å². The van der Waals surface area contributed by atoms with Crippen molar-refractivity contribution in [1.29, 1.82) is 0 Å². The van der Waals surface area contributed by atoms with E-state index >= 15 is 0 Å². The number of hydrogen-bond donors (Lipinski definition) is 2. The van der Waals surface area contributed by atoms with Gasteiger partial charge in [0.05, 0.1) is 12.7 Å². The van der Waals surface area contributed by atoms with E-state index in [2.05, 4.69) is 52.6 Å². The number of ether oxygens (including phenoxy) is 1. The highest BCUT2D eigenvalue weighted by atomic mass is 16.5. The third kappa shape index (κ3) is 3.43. The molecule has 1 aliphatic rings. The molecule has 1 aromatic carbocycles. The van der Waals surface area contributed by atoms with Crippen LogP contribution in [0.3, 0.4) is 0 Å². The molecule has 3 rings (SSSR count). The summed E-state index contributed by atoms with van der Waals surface area (Å²) in [6.07, 6.45) is 4.81. The zero-order chi connectivity index (χ0) is 15.4. The van der Waals surface area contributed by atoms with Crippen LogP contribution in [-0.4, -0.2) is 29.7 Å². The summed E-state index contributed by atoms with van der Waals surface area (Å²) in [5.74, 6) is 0.628. The number of benzene rings is 1. The molecular weight excluding hydrogens is 276 g/mol. The molecule has 22 heavy (non-hydrogen) atoms. The first-order valence-electron chi connectivity index (χ1n) is 7.77. The Balaban J connectivity index is 1.73. The summed E-state index contributed by atoms with van der Waals surface area (Å²) in [5.41, 5.74) is 4.53. The third-order valence-corrected chi connectivity index (χ3v) is 3.91. The minimum absolute atomic E-state index is 0.140. The van der Waals surface area contributed by atoms with Crippen LogP contribution in [0.15, 0.2) is 30.6 Å². The number of hydrogen-bond acceptors (Lipinski definition) is 5. The molecule has 0 amide bonds. The van der Waals surface area contributed by atoms with Crippen LogP contribution in [0.5, 0.6) is 0 Å². The summed E-state index contributed by atoms with van der Waals surface area (Å²) >= 11 is 0. The van der Waals surface area contributed by atoms with Gasteiger partial charge < -0.3 is 15.4 Å². The van der Waals surface area contributed by atoms with Crippen molar-refractivity contribution in [1.82, 2.24) is 15.3 Å². The average molecular weight is 298 g/mol. The highest BCUT2D eigenvalue weighted by Crippen LogP contribution is 2.25. The van der Waals surface area contributed by atoms with Gasteiger partial charge in [0.25, 0.3) is 0 Å². The Kier molecular flexibility index (Phi) is 4.65. The molecule has 2 N–H and O–H groups in total. The predicted octanol–water partition coefficient (Wildman–Crippen LogP) is 2.75. The van der Waals surface area contributed by atoms with Crippen molar-refractivity contribution < 1.29 is 4.74 Å². The van der Waals surface area contributed by atoms with E-state index in [0.29, 0.717) is 5.95 Å². The fraction of sp³-hybridized carbons (Fsp3) is 0.412. The smallest absolute Gasteiger partial charge is 0.227 e. The predicted molar refractivity (Wildman–Crippen MR) is 87.4 cm³/mol. The second-order valence-corrected chi connectivity index (χ2v) is 5.53. The molecule has 1 aromatic heterocycles. The Labute approximate surface area is 131 Å². The minimum atomic E-state index is 0.140. The van der Waals surface area contributed by atoms with Crippen LogP contribution in [0.2, 0.25) is 0 Å². The molecule has 1 atom stereocenters. The lowest BCUT2D eigenvalue weighted by Crippen LogP contribution is -2.33. The molecule has 2 heterocycles. The number of nitrogens with zero attached hydrogens (tertiary/aromatic N) is 2. The van der Waals surface area contributed by atoms with E-state index in [1.165, 1.54) is 5.56 Å². The molecule has 0 radical (unpaired) electrons. The lowest BCUT2D eigenvalue weighted by atomic mass is 10.0. The highest BCUT2D eigenvalue weighted by Gasteiger charge is 2.16. The molecule has 5 heteroatoms. The van der Waals surface area contributed by atoms with Crippen molar-refractivity contribution in [2.24, 2.45) is 0 Å². The number of rotatable bonds is 4. The fourth-order valence-electron chi connectivity index (χ4n) is 2.53. The number of aryl methyl sites for hydroxylation is 2. The van der Waals surface area contributed by atoms with Gasteiger partial charge in [0, 0.05) is 31.2 Å². The summed E-state index contributed by atoms with van der Waals surface area (Å²) in [4.78, 5) is 8.68. The first kappa shape index (κ1) is 14.9. The van der Waals surface area contributed by atoms with E-state index in [0.717, 1.165) is 42.9 Å². The molecule has 1 aliphatic heterocycles. The van der Waals surface area contributed by atoms with Crippen LogP contribution < -0.4 is 10.6 Å². The SMILES string of the molecule is CCc1cnc(Nc2ccc(C3CNCCO3)cc2C)nc1. The molecule has 1 saturated heterocycles. The maximum Gasteiger partial charge on any atom is 0.227 e. The van der Waals surface area contributed by atoms with Gasteiger partial charge in [0.2, 0.25) is 5.95 Å².